The maximum absolute atomic E-state index is 13.4. The number of anilines is 1. The summed E-state index contributed by atoms with van der Waals surface area (Å²) in [5.74, 6) is -0.570. The molecule has 2 aliphatic rings. The second-order valence-corrected chi connectivity index (χ2v) is 9.17. The van der Waals surface area contributed by atoms with Gasteiger partial charge in [0.25, 0.3) is 0 Å². The van der Waals surface area contributed by atoms with E-state index in [2.05, 4.69) is 39.0 Å². The fourth-order valence-electron chi connectivity index (χ4n) is 4.70. The van der Waals surface area contributed by atoms with Gasteiger partial charge in [0.05, 0.1) is 17.5 Å². The Labute approximate surface area is 167 Å². The van der Waals surface area contributed by atoms with E-state index in [9.17, 15) is 9.59 Å². The molecule has 0 unspecified atom stereocenters. The second-order valence-electron chi connectivity index (χ2n) is 9.17. The molecule has 0 aromatic heterocycles. The third-order valence-electron chi connectivity index (χ3n) is 5.80. The van der Waals surface area contributed by atoms with E-state index in [-0.39, 0.29) is 35.0 Å². The number of rotatable bonds is 3. The summed E-state index contributed by atoms with van der Waals surface area (Å²) in [7, 11) is 0. The number of benzene rings is 2. The summed E-state index contributed by atoms with van der Waals surface area (Å²) < 4.78 is 0. The molecular formula is C25H27NO2. The van der Waals surface area contributed by atoms with Gasteiger partial charge in [0.1, 0.15) is 0 Å². The van der Waals surface area contributed by atoms with Crippen molar-refractivity contribution in [3.63, 3.8) is 0 Å². The van der Waals surface area contributed by atoms with Crippen LogP contribution in [0.15, 0.2) is 66.7 Å². The van der Waals surface area contributed by atoms with Gasteiger partial charge in [0, 0.05) is 0 Å². The first-order valence-corrected chi connectivity index (χ1v) is 10.0. The van der Waals surface area contributed by atoms with Gasteiger partial charge in [-0.2, -0.15) is 0 Å². The first-order chi connectivity index (χ1) is 13.3. The number of hydrogen-bond acceptors (Lipinski definition) is 2. The smallest absolute Gasteiger partial charge is 0.238 e. The maximum Gasteiger partial charge on any atom is 0.238 e. The predicted octanol–water partition coefficient (Wildman–Crippen LogP) is 5.33. The fraction of sp³-hybridized carbons (Fsp3) is 0.360. The molecule has 1 saturated heterocycles. The van der Waals surface area contributed by atoms with Crippen molar-refractivity contribution in [2.45, 2.75) is 33.6 Å². The van der Waals surface area contributed by atoms with Crippen LogP contribution in [0.1, 0.15) is 39.2 Å². The maximum atomic E-state index is 13.4. The lowest BCUT2D eigenvalue weighted by atomic mass is 9.68. The minimum absolute atomic E-state index is 0.0428. The molecule has 28 heavy (non-hydrogen) atoms. The third kappa shape index (κ3) is 3.42. The molecule has 1 heterocycles. The normalized spacial score (nSPS) is 24.9. The fourth-order valence-corrected chi connectivity index (χ4v) is 4.70. The largest absolute Gasteiger partial charge is 0.274 e. The lowest BCUT2D eigenvalue weighted by Gasteiger charge is -2.34. The molecular weight excluding hydrogens is 346 g/mol. The summed E-state index contributed by atoms with van der Waals surface area (Å²) in [5.41, 5.74) is 3.10. The van der Waals surface area contributed by atoms with Gasteiger partial charge >= 0.3 is 0 Å². The Balaban J connectivity index is 1.75. The van der Waals surface area contributed by atoms with Crippen LogP contribution in [0, 0.1) is 23.2 Å². The SMILES string of the molecule is CC(C)(C)C[C@H]1C=C(c2ccccc2)C[C@H]2C(=O)N(c3ccccc3)C(=O)[C@@H]12. The lowest BCUT2D eigenvalue weighted by molar-refractivity contribution is -0.122. The van der Waals surface area contributed by atoms with Crippen LogP contribution in [0.4, 0.5) is 5.69 Å². The molecule has 0 saturated carbocycles. The number of hydrogen-bond donors (Lipinski definition) is 0. The Kier molecular flexibility index (Phi) is 4.70. The van der Waals surface area contributed by atoms with Crippen LogP contribution in [0.25, 0.3) is 5.57 Å². The van der Waals surface area contributed by atoms with Gasteiger partial charge < -0.3 is 0 Å². The van der Waals surface area contributed by atoms with Gasteiger partial charge in [-0.25, -0.2) is 0 Å². The first-order valence-electron chi connectivity index (χ1n) is 10.0. The van der Waals surface area contributed by atoms with E-state index in [4.69, 9.17) is 0 Å². The summed E-state index contributed by atoms with van der Waals surface area (Å²) in [6, 6.07) is 19.6. The predicted molar refractivity (Wildman–Crippen MR) is 113 cm³/mol. The van der Waals surface area contributed by atoms with Gasteiger partial charge in [-0.1, -0.05) is 75.4 Å². The molecule has 0 spiro atoms. The monoisotopic (exact) mass is 373 g/mol. The molecule has 2 amide bonds. The summed E-state index contributed by atoms with van der Waals surface area (Å²) in [6.07, 6.45) is 3.77. The van der Waals surface area contributed by atoms with Crippen molar-refractivity contribution < 1.29 is 9.59 Å². The van der Waals surface area contributed by atoms with E-state index in [0.717, 1.165) is 12.0 Å². The third-order valence-corrected chi connectivity index (χ3v) is 5.80. The number of fused-ring (bicyclic) bond motifs is 1. The van der Waals surface area contributed by atoms with Crippen molar-refractivity contribution in [3.8, 4) is 0 Å². The van der Waals surface area contributed by atoms with Crippen molar-refractivity contribution in [1.82, 2.24) is 0 Å². The van der Waals surface area contributed by atoms with Gasteiger partial charge in [-0.05, 0) is 47.4 Å². The lowest BCUT2D eigenvalue weighted by Crippen LogP contribution is -2.33. The van der Waals surface area contributed by atoms with Crippen LogP contribution in [-0.2, 0) is 9.59 Å². The van der Waals surface area contributed by atoms with Crippen molar-refractivity contribution in [2.24, 2.45) is 23.2 Å². The average Bonchev–Trinajstić information content (AvgIpc) is 2.92. The number of allylic oxidation sites excluding steroid dienone is 2. The van der Waals surface area contributed by atoms with Crippen LogP contribution >= 0.6 is 0 Å². The van der Waals surface area contributed by atoms with Gasteiger partial charge in [-0.15, -0.1) is 0 Å². The highest BCUT2D eigenvalue weighted by atomic mass is 16.2. The van der Waals surface area contributed by atoms with E-state index >= 15 is 0 Å². The van der Waals surface area contributed by atoms with Crippen LogP contribution in [0.5, 0.6) is 0 Å². The Morgan fingerprint density at radius 2 is 1.50 bits per heavy atom. The summed E-state index contributed by atoms with van der Waals surface area (Å²) >= 11 is 0. The number of amides is 2. The summed E-state index contributed by atoms with van der Waals surface area (Å²) in [6.45, 7) is 6.59. The molecule has 0 radical (unpaired) electrons. The van der Waals surface area contributed by atoms with Crippen molar-refractivity contribution in [1.29, 1.82) is 0 Å². The molecule has 2 aromatic carbocycles. The van der Waals surface area contributed by atoms with Crippen molar-refractivity contribution in [3.05, 3.63) is 72.3 Å². The number of carbonyl (C=O) groups is 2. The van der Waals surface area contributed by atoms with Crippen LogP contribution in [0.2, 0.25) is 0 Å². The van der Waals surface area contributed by atoms with E-state index in [0.29, 0.717) is 12.1 Å². The van der Waals surface area contributed by atoms with E-state index in [1.165, 1.54) is 10.5 Å². The molecule has 2 aromatic rings. The van der Waals surface area contributed by atoms with Crippen molar-refractivity contribution in [2.75, 3.05) is 4.90 Å². The topological polar surface area (TPSA) is 37.4 Å². The van der Waals surface area contributed by atoms with E-state index in [1.54, 1.807) is 0 Å². The van der Waals surface area contributed by atoms with Crippen LogP contribution in [0.3, 0.4) is 0 Å². The molecule has 3 atom stereocenters. The van der Waals surface area contributed by atoms with Crippen LogP contribution in [-0.4, -0.2) is 11.8 Å². The molecule has 1 aliphatic carbocycles. The zero-order valence-corrected chi connectivity index (χ0v) is 16.8. The Bertz CT molecular complexity index is 909. The quantitative estimate of drug-likeness (QED) is 0.682. The highest BCUT2D eigenvalue weighted by Gasteiger charge is 2.53. The zero-order valence-electron chi connectivity index (χ0n) is 16.8. The van der Waals surface area contributed by atoms with Crippen molar-refractivity contribution >= 4 is 23.1 Å². The molecule has 144 valence electrons. The van der Waals surface area contributed by atoms with Gasteiger partial charge in [0.2, 0.25) is 11.8 Å². The highest BCUT2D eigenvalue weighted by molar-refractivity contribution is 6.22. The van der Waals surface area contributed by atoms with E-state index in [1.807, 2.05) is 48.5 Å². The molecule has 0 bridgehead atoms. The summed E-state index contributed by atoms with van der Waals surface area (Å²) in [5, 5.41) is 0. The Hall–Kier alpha value is -2.68. The summed E-state index contributed by atoms with van der Waals surface area (Å²) in [4.78, 5) is 28.1. The first kappa shape index (κ1) is 18.7. The highest BCUT2D eigenvalue weighted by Crippen LogP contribution is 2.48. The minimum atomic E-state index is -0.278. The number of nitrogens with zero attached hydrogens (tertiary/aromatic N) is 1. The minimum Gasteiger partial charge on any atom is -0.274 e. The number of carbonyl (C=O) groups excluding carboxylic acids is 2. The number of para-hydroxylation sites is 1. The van der Waals surface area contributed by atoms with Gasteiger partial charge in [0.15, 0.2) is 0 Å². The molecule has 1 fully saturated rings. The second kappa shape index (κ2) is 7.05. The Morgan fingerprint density at radius 1 is 0.893 bits per heavy atom. The van der Waals surface area contributed by atoms with E-state index < -0.39 is 0 Å². The molecule has 3 heteroatoms. The standard InChI is InChI=1S/C25H27NO2/c1-25(2,3)16-19-14-18(17-10-6-4-7-11-17)15-21-22(19)24(28)26(23(21)27)20-12-8-5-9-13-20/h4-14,19,21-22H,15-16H2,1-3H3/t19-,21-,22+/m1/s1. The Morgan fingerprint density at radius 3 is 2.11 bits per heavy atom. The molecule has 0 N–H and O–H groups in total. The molecule has 3 nitrogen and oxygen atoms in total. The molecule has 1 aliphatic heterocycles. The van der Waals surface area contributed by atoms with Crippen LogP contribution < -0.4 is 4.90 Å². The average molecular weight is 373 g/mol. The zero-order chi connectivity index (χ0) is 19.9. The van der Waals surface area contributed by atoms with Gasteiger partial charge in [-0.3, -0.25) is 14.5 Å². The number of imide groups is 1. The molecule has 4 rings (SSSR count).